The van der Waals surface area contributed by atoms with Gasteiger partial charge >= 0.3 is 5.97 Å². The van der Waals surface area contributed by atoms with Crippen LogP contribution in [0.4, 0.5) is 0 Å². The molecule has 5 nitrogen and oxygen atoms in total. The Hall–Kier alpha value is -1.69. The Balaban J connectivity index is 3.71. The Morgan fingerprint density at radius 2 is 1.64 bits per heavy atom. The molecule has 0 aromatic carbocycles. The number of carbonyl (C=O) groups excluding carboxylic acids is 1. The summed E-state index contributed by atoms with van der Waals surface area (Å²) in [6.45, 7) is 1.46. The van der Waals surface area contributed by atoms with Crippen LogP contribution in [0.3, 0.4) is 0 Å². The minimum atomic E-state index is -0.818. The van der Waals surface area contributed by atoms with Crippen LogP contribution in [-0.2, 0) is 9.53 Å². The maximum Gasteiger partial charge on any atom is 0.306 e. The van der Waals surface area contributed by atoms with Gasteiger partial charge in [-0.05, 0) is 38.5 Å². The lowest BCUT2D eigenvalue weighted by atomic mass is 10.1. The molecule has 0 aromatic heterocycles. The van der Waals surface area contributed by atoms with Crippen molar-refractivity contribution in [2.24, 2.45) is 0 Å². The first-order chi connectivity index (χ1) is 13.6. The molecular formula is C23H38O5. The first-order valence-electron chi connectivity index (χ1n) is 10.4. The minimum absolute atomic E-state index is 0.268. The van der Waals surface area contributed by atoms with Crippen LogP contribution in [0.25, 0.3) is 0 Å². The molecule has 28 heavy (non-hydrogen) atoms. The van der Waals surface area contributed by atoms with Crippen LogP contribution in [0.1, 0.15) is 64.7 Å². The minimum Gasteiger partial charge on any atom is -0.457 e. The second-order valence-electron chi connectivity index (χ2n) is 6.66. The van der Waals surface area contributed by atoms with Gasteiger partial charge in [0.2, 0.25) is 0 Å². The molecule has 0 aliphatic rings. The predicted octanol–water partition coefficient (Wildman–Crippen LogP) is 4.00. The third-order valence-corrected chi connectivity index (χ3v) is 3.99. The molecule has 0 aliphatic carbocycles. The van der Waals surface area contributed by atoms with Gasteiger partial charge in [-0.3, -0.25) is 4.79 Å². The van der Waals surface area contributed by atoms with Crippen molar-refractivity contribution >= 4 is 5.97 Å². The normalized spacial score (nSPS) is 13.6. The van der Waals surface area contributed by atoms with Crippen LogP contribution in [0.15, 0.2) is 48.6 Å². The third kappa shape index (κ3) is 17.7. The molecule has 0 saturated heterocycles. The van der Waals surface area contributed by atoms with Crippen molar-refractivity contribution in [1.29, 1.82) is 0 Å². The van der Waals surface area contributed by atoms with Crippen molar-refractivity contribution in [2.45, 2.75) is 76.9 Å². The number of rotatable bonds is 17. The summed E-state index contributed by atoms with van der Waals surface area (Å²) < 4.78 is 4.88. The van der Waals surface area contributed by atoms with Crippen LogP contribution < -0.4 is 0 Å². The van der Waals surface area contributed by atoms with E-state index in [-0.39, 0.29) is 19.6 Å². The van der Waals surface area contributed by atoms with E-state index in [2.05, 4.69) is 13.0 Å². The van der Waals surface area contributed by atoms with Gasteiger partial charge in [-0.15, -0.1) is 0 Å². The molecule has 5 heteroatoms. The van der Waals surface area contributed by atoms with E-state index >= 15 is 0 Å². The summed E-state index contributed by atoms with van der Waals surface area (Å²) in [5.41, 5.74) is 0. The van der Waals surface area contributed by atoms with Gasteiger partial charge in [0, 0.05) is 6.42 Å². The van der Waals surface area contributed by atoms with Crippen molar-refractivity contribution in [3.8, 4) is 0 Å². The molecule has 0 fully saturated rings. The van der Waals surface area contributed by atoms with E-state index in [1.807, 2.05) is 36.5 Å². The molecule has 0 amide bonds. The second kappa shape index (κ2) is 20.1. The number of hydrogen-bond donors (Lipinski definition) is 3. The molecule has 0 rings (SSSR count). The topological polar surface area (TPSA) is 87.0 Å². The number of hydrogen-bond acceptors (Lipinski definition) is 5. The first-order valence-corrected chi connectivity index (χ1v) is 10.4. The lowest BCUT2D eigenvalue weighted by Gasteiger charge is -2.11. The molecular weight excluding hydrogens is 356 g/mol. The van der Waals surface area contributed by atoms with E-state index in [0.29, 0.717) is 12.8 Å². The maximum absolute atomic E-state index is 11.4. The molecule has 0 unspecified atom stereocenters. The molecule has 0 bridgehead atoms. The number of unbranched alkanes of at least 4 members (excludes halogenated alkanes) is 4. The Labute approximate surface area is 170 Å². The van der Waals surface area contributed by atoms with E-state index in [9.17, 15) is 9.90 Å². The molecule has 160 valence electrons. The van der Waals surface area contributed by atoms with Gasteiger partial charge in [-0.1, -0.05) is 68.4 Å². The number of esters is 1. The third-order valence-electron chi connectivity index (χ3n) is 3.99. The maximum atomic E-state index is 11.4. The number of ether oxygens (including phenoxy) is 1. The van der Waals surface area contributed by atoms with Gasteiger partial charge < -0.3 is 20.1 Å². The van der Waals surface area contributed by atoms with Crippen LogP contribution >= 0.6 is 0 Å². The number of allylic oxidation sites excluding steroid dienone is 6. The molecule has 3 N–H and O–H groups in total. The highest BCUT2D eigenvalue weighted by Gasteiger charge is 2.11. The summed E-state index contributed by atoms with van der Waals surface area (Å²) in [4.78, 5) is 11.4. The highest BCUT2D eigenvalue weighted by atomic mass is 16.6. The fourth-order valence-corrected chi connectivity index (χ4v) is 2.33. The summed E-state index contributed by atoms with van der Waals surface area (Å²) >= 11 is 0. The van der Waals surface area contributed by atoms with Crippen molar-refractivity contribution in [3.63, 3.8) is 0 Å². The van der Waals surface area contributed by atoms with Crippen molar-refractivity contribution < 1.29 is 24.9 Å². The molecule has 0 spiro atoms. The van der Waals surface area contributed by atoms with E-state index in [0.717, 1.165) is 19.3 Å². The number of carbonyl (C=O) groups is 1. The Kier molecular flexibility index (Phi) is 18.8. The van der Waals surface area contributed by atoms with Gasteiger partial charge in [0.25, 0.3) is 0 Å². The lowest BCUT2D eigenvalue weighted by molar-refractivity contribution is -0.153. The van der Waals surface area contributed by atoms with Crippen molar-refractivity contribution in [3.05, 3.63) is 48.6 Å². The lowest BCUT2D eigenvalue weighted by Crippen LogP contribution is -2.25. The number of aliphatic hydroxyl groups excluding tert-OH is 3. The Morgan fingerprint density at radius 1 is 0.929 bits per heavy atom. The molecule has 0 saturated carbocycles. The van der Waals surface area contributed by atoms with Gasteiger partial charge in [0.15, 0.2) is 0 Å². The molecule has 0 heterocycles. The SMILES string of the molecule is CCCCC/C=C\C[C@H](O)/C=C/C=C\C/C=C\CCCC(=O)OC(CO)CO. The zero-order valence-corrected chi connectivity index (χ0v) is 17.2. The van der Waals surface area contributed by atoms with Crippen LogP contribution in [0, 0.1) is 0 Å². The zero-order valence-electron chi connectivity index (χ0n) is 17.2. The summed E-state index contributed by atoms with van der Waals surface area (Å²) in [5.74, 6) is -0.402. The van der Waals surface area contributed by atoms with E-state index in [1.165, 1.54) is 19.3 Å². The smallest absolute Gasteiger partial charge is 0.306 e. The standard InChI is InChI=1S/C23H38O5/c1-2-3-4-5-10-13-16-21(26)17-14-11-8-6-7-9-12-15-18-23(27)28-22(19-24)20-25/h7-11,13-14,17,21-22,24-26H,2-6,12,15-16,18-20H2,1H3/b9-7-,11-8-,13-10-,17-14+/t21-/m0/s1. The summed E-state index contributed by atoms with van der Waals surface area (Å²) in [7, 11) is 0. The van der Waals surface area contributed by atoms with Crippen LogP contribution in [-0.4, -0.2) is 46.7 Å². The number of aliphatic hydroxyl groups is 3. The molecule has 1 atom stereocenters. The van der Waals surface area contributed by atoms with Crippen molar-refractivity contribution in [2.75, 3.05) is 13.2 Å². The molecule has 0 aromatic rings. The Bertz CT molecular complexity index is 475. The Morgan fingerprint density at radius 3 is 2.36 bits per heavy atom. The largest absolute Gasteiger partial charge is 0.457 e. The van der Waals surface area contributed by atoms with Gasteiger partial charge in [0.1, 0.15) is 6.10 Å². The van der Waals surface area contributed by atoms with Gasteiger partial charge in [0.05, 0.1) is 19.3 Å². The fraction of sp³-hybridized carbons (Fsp3) is 0.609. The highest BCUT2D eigenvalue weighted by Crippen LogP contribution is 2.03. The van der Waals surface area contributed by atoms with Crippen molar-refractivity contribution in [1.82, 2.24) is 0 Å². The quantitative estimate of drug-likeness (QED) is 0.150. The van der Waals surface area contributed by atoms with Gasteiger partial charge in [-0.25, -0.2) is 0 Å². The fourth-order valence-electron chi connectivity index (χ4n) is 2.33. The average molecular weight is 395 g/mol. The second-order valence-corrected chi connectivity index (χ2v) is 6.66. The zero-order chi connectivity index (χ0) is 20.9. The first kappa shape index (κ1) is 26.3. The molecule has 0 aliphatic heterocycles. The highest BCUT2D eigenvalue weighted by molar-refractivity contribution is 5.69. The monoisotopic (exact) mass is 394 g/mol. The predicted molar refractivity (Wildman–Crippen MR) is 114 cm³/mol. The molecule has 0 radical (unpaired) electrons. The van der Waals surface area contributed by atoms with E-state index in [4.69, 9.17) is 14.9 Å². The van der Waals surface area contributed by atoms with Crippen LogP contribution in [0.2, 0.25) is 0 Å². The summed E-state index contributed by atoms with van der Waals surface area (Å²) in [6, 6.07) is 0. The summed E-state index contributed by atoms with van der Waals surface area (Å²) in [6.07, 6.45) is 22.5. The van der Waals surface area contributed by atoms with E-state index in [1.54, 1.807) is 6.08 Å². The van der Waals surface area contributed by atoms with E-state index < -0.39 is 18.2 Å². The average Bonchev–Trinajstić information content (AvgIpc) is 2.70. The summed E-state index contributed by atoms with van der Waals surface area (Å²) in [5, 5.41) is 27.5. The van der Waals surface area contributed by atoms with Crippen LogP contribution in [0.5, 0.6) is 0 Å². The van der Waals surface area contributed by atoms with Gasteiger partial charge in [-0.2, -0.15) is 0 Å².